The summed E-state index contributed by atoms with van der Waals surface area (Å²) >= 11 is 0. The van der Waals surface area contributed by atoms with Gasteiger partial charge in [-0.3, -0.25) is 0 Å². The fraction of sp³-hybridized carbons (Fsp3) is 0.571. The Kier molecular flexibility index (Phi) is 6.75. The Balaban J connectivity index is 1.66. The topological polar surface area (TPSA) is 152 Å². The summed E-state index contributed by atoms with van der Waals surface area (Å²) in [5, 5.41) is 13.6. The highest BCUT2D eigenvalue weighted by molar-refractivity contribution is 5.69. The Labute approximate surface area is 192 Å². The van der Waals surface area contributed by atoms with Crippen LogP contribution in [0.15, 0.2) is 18.5 Å². The van der Waals surface area contributed by atoms with Crippen LogP contribution >= 0.6 is 0 Å². The number of hydrogen-bond acceptors (Lipinski definition) is 11. The van der Waals surface area contributed by atoms with Gasteiger partial charge in [0, 0.05) is 43.7 Å². The summed E-state index contributed by atoms with van der Waals surface area (Å²) in [6, 6.07) is 1.88. The molecule has 0 spiro atoms. The zero-order valence-electron chi connectivity index (χ0n) is 18.9. The van der Waals surface area contributed by atoms with Gasteiger partial charge in [0.1, 0.15) is 5.82 Å². The van der Waals surface area contributed by atoms with Gasteiger partial charge in [0.15, 0.2) is 0 Å². The number of carbonyl (C=O) groups is 1. The molecule has 33 heavy (non-hydrogen) atoms. The van der Waals surface area contributed by atoms with E-state index < -0.39 is 5.54 Å². The lowest BCUT2D eigenvalue weighted by Gasteiger charge is -2.34. The Morgan fingerprint density at radius 1 is 1.36 bits per heavy atom. The highest BCUT2D eigenvalue weighted by Crippen LogP contribution is 2.29. The van der Waals surface area contributed by atoms with Crippen molar-refractivity contribution >= 4 is 23.8 Å². The number of ether oxygens (including phenoxy) is 2. The summed E-state index contributed by atoms with van der Waals surface area (Å²) in [5.74, 6) is 1.25. The molecule has 2 atom stereocenters. The van der Waals surface area contributed by atoms with Gasteiger partial charge in [0.05, 0.1) is 43.7 Å². The molecule has 2 fully saturated rings. The standard InChI is InChI=1S/C21H30N8O4/c1-3-33-20(31)28-5-4-21(12-28,13-30)27-17-8-16(15-9-23-18(22)24-10-15)25-19(26-17)29-6-7-32-11-14(29)2/h8-10,14,30H,3-7,11-13H2,1-2H3,(H2,22,23,24)(H,25,26,27)/t14-,21-/m0/s1. The fourth-order valence-electron chi connectivity index (χ4n) is 4.05. The van der Waals surface area contributed by atoms with Crippen molar-refractivity contribution < 1.29 is 19.4 Å². The molecular formula is C21H30N8O4. The largest absolute Gasteiger partial charge is 0.450 e. The number of aromatic nitrogens is 4. The van der Waals surface area contributed by atoms with E-state index in [9.17, 15) is 9.90 Å². The highest BCUT2D eigenvalue weighted by Gasteiger charge is 2.40. The number of nitrogen functional groups attached to an aromatic ring is 1. The molecule has 0 radical (unpaired) electrons. The summed E-state index contributed by atoms with van der Waals surface area (Å²) < 4.78 is 10.7. The van der Waals surface area contributed by atoms with Crippen LogP contribution in [-0.4, -0.2) is 93.7 Å². The number of likely N-dealkylation sites (tertiary alicyclic amines) is 1. The van der Waals surface area contributed by atoms with Crippen molar-refractivity contribution in [1.82, 2.24) is 24.8 Å². The zero-order valence-corrected chi connectivity index (χ0v) is 18.9. The summed E-state index contributed by atoms with van der Waals surface area (Å²) in [6.45, 7) is 6.55. The van der Waals surface area contributed by atoms with Gasteiger partial charge in [-0.2, -0.15) is 4.98 Å². The maximum Gasteiger partial charge on any atom is 0.409 e. The molecule has 0 aliphatic carbocycles. The van der Waals surface area contributed by atoms with Gasteiger partial charge in [0.2, 0.25) is 11.9 Å². The average molecular weight is 459 g/mol. The van der Waals surface area contributed by atoms with E-state index in [2.05, 4.69) is 27.1 Å². The van der Waals surface area contributed by atoms with Crippen LogP contribution in [0.5, 0.6) is 0 Å². The minimum Gasteiger partial charge on any atom is -0.450 e. The van der Waals surface area contributed by atoms with E-state index in [-0.39, 0.29) is 24.7 Å². The monoisotopic (exact) mass is 458 g/mol. The van der Waals surface area contributed by atoms with Gasteiger partial charge >= 0.3 is 6.09 Å². The van der Waals surface area contributed by atoms with Crippen LogP contribution in [0.4, 0.5) is 22.5 Å². The Morgan fingerprint density at radius 2 is 2.15 bits per heavy atom. The number of anilines is 3. The summed E-state index contributed by atoms with van der Waals surface area (Å²) in [7, 11) is 0. The molecule has 2 aliphatic rings. The molecule has 0 unspecified atom stereocenters. The first-order valence-electron chi connectivity index (χ1n) is 11.0. The second kappa shape index (κ2) is 9.71. The third kappa shape index (κ3) is 5.06. The number of morpholine rings is 1. The van der Waals surface area contributed by atoms with Gasteiger partial charge in [-0.15, -0.1) is 0 Å². The lowest BCUT2D eigenvalue weighted by molar-refractivity contribution is 0.0981. The van der Waals surface area contributed by atoms with Crippen LogP contribution in [0, 0.1) is 0 Å². The van der Waals surface area contributed by atoms with E-state index in [0.717, 1.165) is 0 Å². The van der Waals surface area contributed by atoms with Gasteiger partial charge in [-0.05, 0) is 20.3 Å². The molecule has 2 aliphatic heterocycles. The third-order valence-electron chi connectivity index (χ3n) is 5.88. The average Bonchev–Trinajstić information content (AvgIpc) is 3.24. The number of hydrogen-bond donors (Lipinski definition) is 3. The first kappa shape index (κ1) is 22.9. The van der Waals surface area contributed by atoms with E-state index in [0.29, 0.717) is 68.9 Å². The maximum absolute atomic E-state index is 12.2. The van der Waals surface area contributed by atoms with Crippen molar-refractivity contribution in [3.05, 3.63) is 18.5 Å². The number of carbonyl (C=O) groups excluding carboxylic acids is 1. The molecule has 2 aromatic rings. The molecule has 2 saturated heterocycles. The van der Waals surface area contributed by atoms with E-state index in [4.69, 9.17) is 25.2 Å². The molecule has 178 valence electrons. The van der Waals surface area contributed by atoms with E-state index in [1.807, 2.05) is 0 Å². The Morgan fingerprint density at radius 3 is 2.85 bits per heavy atom. The zero-order chi connectivity index (χ0) is 23.4. The first-order chi connectivity index (χ1) is 15.9. The summed E-state index contributed by atoms with van der Waals surface area (Å²) in [4.78, 5) is 33.5. The van der Waals surface area contributed by atoms with Crippen molar-refractivity contribution in [2.75, 3.05) is 62.0 Å². The normalized spacial score (nSPS) is 22.9. The van der Waals surface area contributed by atoms with Gasteiger partial charge in [0.25, 0.3) is 0 Å². The molecular weight excluding hydrogens is 428 g/mol. The van der Waals surface area contributed by atoms with Crippen LogP contribution in [0.3, 0.4) is 0 Å². The molecule has 4 heterocycles. The fourth-order valence-corrected chi connectivity index (χ4v) is 4.05. The summed E-state index contributed by atoms with van der Waals surface area (Å²) in [5.41, 5.74) is 6.21. The van der Waals surface area contributed by atoms with E-state index in [1.165, 1.54) is 0 Å². The number of nitrogens with one attached hydrogen (secondary N) is 1. The van der Waals surface area contributed by atoms with Gasteiger partial charge in [-0.1, -0.05) is 0 Å². The predicted octanol–water partition coefficient (Wildman–Crippen LogP) is 0.746. The molecule has 0 saturated carbocycles. The molecule has 0 bridgehead atoms. The number of amides is 1. The third-order valence-corrected chi connectivity index (χ3v) is 5.88. The lowest BCUT2D eigenvalue weighted by Crippen LogP contribution is -2.47. The molecule has 12 nitrogen and oxygen atoms in total. The Hall–Kier alpha value is -3.25. The van der Waals surface area contributed by atoms with Gasteiger partial charge < -0.3 is 35.4 Å². The van der Waals surface area contributed by atoms with E-state index in [1.54, 1.807) is 30.3 Å². The van der Waals surface area contributed by atoms with Crippen molar-refractivity contribution in [2.24, 2.45) is 0 Å². The van der Waals surface area contributed by atoms with Crippen LogP contribution in [0.1, 0.15) is 20.3 Å². The van der Waals surface area contributed by atoms with Crippen molar-refractivity contribution in [3.8, 4) is 11.3 Å². The number of nitrogens with two attached hydrogens (primary N) is 1. The molecule has 4 N–H and O–H groups in total. The van der Waals surface area contributed by atoms with Crippen LogP contribution in [0.2, 0.25) is 0 Å². The minimum absolute atomic E-state index is 0.0992. The minimum atomic E-state index is -0.746. The number of rotatable bonds is 6. The number of aliphatic hydroxyl groups excluding tert-OH is 1. The first-order valence-corrected chi connectivity index (χ1v) is 11.0. The quantitative estimate of drug-likeness (QED) is 0.562. The van der Waals surface area contributed by atoms with Crippen LogP contribution < -0.4 is 16.0 Å². The molecule has 12 heteroatoms. The smallest absolute Gasteiger partial charge is 0.409 e. The number of nitrogens with zero attached hydrogens (tertiary/aromatic N) is 6. The van der Waals surface area contributed by atoms with Crippen LogP contribution in [0.25, 0.3) is 11.3 Å². The molecule has 4 rings (SSSR count). The highest BCUT2D eigenvalue weighted by atomic mass is 16.6. The number of aliphatic hydroxyl groups is 1. The second-order valence-electron chi connectivity index (χ2n) is 8.32. The lowest BCUT2D eigenvalue weighted by atomic mass is 10.00. The van der Waals surface area contributed by atoms with Crippen LogP contribution in [-0.2, 0) is 9.47 Å². The Bertz CT molecular complexity index is 975. The van der Waals surface area contributed by atoms with Gasteiger partial charge in [-0.25, -0.2) is 19.7 Å². The van der Waals surface area contributed by atoms with E-state index >= 15 is 0 Å². The van der Waals surface area contributed by atoms with Crippen molar-refractivity contribution in [3.63, 3.8) is 0 Å². The molecule has 2 aromatic heterocycles. The van der Waals surface area contributed by atoms with Crippen molar-refractivity contribution in [1.29, 1.82) is 0 Å². The second-order valence-corrected chi connectivity index (χ2v) is 8.32. The summed E-state index contributed by atoms with van der Waals surface area (Å²) in [6.07, 6.45) is 3.39. The molecule has 0 aromatic carbocycles. The predicted molar refractivity (Wildman–Crippen MR) is 122 cm³/mol. The van der Waals surface area contributed by atoms with Crippen molar-refractivity contribution in [2.45, 2.75) is 31.8 Å². The SMILES string of the molecule is CCOC(=O)N1CC[C@](CO)(Nc2cc(-c3cnc(N)nc3)nc(N3CCOC[C@@H]3C)n2)C1. The molecule has 1 amide bonds. The maximum atomic E-state index is 12.2.